The van der Waals surface area contributed by atoms with Gasteiger partial charge in [0.2, 0.25) is 0 Å². The van der Waals surface area contributed by atoms with E-state index in [9.17, 15) is 9.59 Å². The number of ether oxygens (including phenoxy) is 3. The lowest BCUT2D eigenvalue weighted by atomic mass is 10.2. The minimum absolute atomic E-state index is 0.226. The van der Waals surface area contributed by atoms with Crippen LogP contribution in [0.25, 0.3) is 0 Å². The Labute approximate surface area is 145 Å². The molecule has 7 heteroatoms. The van der Waals surface area contributed by atoms with Gasteiger partial charge in [-0.1, -0.05) is 0 Å². The second kappa shape index (κ2) is 9.17. The fraction of sp³-hybridized carbons (Fsp3) is 0.222. The Balaban J connectivity index is 1.75. The molecule has 2 rings (SSSR count). The van der Waals surface area contributed by atoms with Crippen molar-refractivity contribution in [2.24, 2.45) is 0 Å². The summed E-state index contributed by atoms with van der Waals surface area (Å²) in [6.45, 7) is 2.20. The molecule has 0 aliphatic carbocycles. The molecule has 0 radical (unpaired) electrons. The SMILES string of the molecule is CCOc1ccc(C(=O)NNC(=O)COc2ccc(OC)cc2)cc1. The number of benzene rings is 2. The normalized spacial score (nSPS) is 9.84. The van der Waals surface area contributed by atoms with Gasteiger partial charge in [-0.3, -0.25) is 20.4 Å². The number of rotatable bonds is 7. The smallest absolute Gasteiger partial charge is 0.276 e. The molecule has 0 atom stereocenters. The fourth-order valence-corrected chi connectivity index (χ4v) is 1.92. The average molecular weight is 344 g/mol. The maximum absolute atomic E-state index is 11.9. The molecule has 0 aromatic heterocycles. The lowest BCUT2D eigenvalue weighted by Gasteiger charge is -2.09. The zero-order valence-electron chi connectivity index (χ0n) is 14.1. The van der Waals surface area contributed by atoms with E-state index in [-0.39, 0.29) is 6.61 Å². The van der Waals surface area contributed by atoms with Crippen molar-refractivity contribution in [1.82, 2.24) is 10.9 Å². The Morgan fingerprint density at radius 1 is 0.840 bits per heavy atom. The predicted octanol–water partition coefficient (Wildman–Crippen LogP) is 1.93. The number of nitrogens with one attached hydrogen (secondary N) is 2. The summed E-state index contributed by atoms with van der Waals surface area (Å²) < 4.78 is 15.6. The van der Waals surface area contributed by atoms with E-state index in [1.807, 2.05) is 6.92 Å². The lowest BCUT2D eigenvalue weighted by Crippen LogP contribution is -2.43. The maximum Gasteiger partial charge on any atom is 0.276 e. The van der Waals surface area contributed by atoms with Crippen LogP contribution >= 0.6 is 0 Å². The maximum atomic E-state index is 11.9. The number of hydrogen-bond acceptors (Lipinski definition) is 5. The molecule has 2 aromatic rings. The van der Waals surface area contributed by atoms with Crippen molar-refractivity contribution in [3.8, 4) is 17.2 Å². The van der Waals surface area contributed by atoms with E-state index in [0.717, 1.165) is 0 Å². The monoisotopic (exact) mass is 344 g/mol. The first-order valence-electron chi connectivity index (χ1n) is 7.71. The number of carbonyl (C=O) groups is 2. The molecule has 0 saturated heterocycles. The van der Waals surface area contributed by atoms with E-state index in [0.29, 0.717) is 29.4 Å². The average Bonchev–Trinajstić information content (AvgIpc) is 2.65. The van der Waals surface area contributed by atoms with Crippen molar-refractivity contribution >= 4 is 11.8 Å². The summed E-state index contributed by atoms with van der Waals surface area (Å²) >= 11 is 0. The van der Waals surface area contributed by atoms with Crippen molar-refractivity contribution in [2.45, 2.75) is 6.92 Å². The van der Waals surface area contributed by atoms with Crippen LogP contribution in [-0.2, 0) is 4.79 Å². The molecule has 132 valence electrons. The fourth-order valence-electron chi connectivity index (χ4n) is 1.92. The molecule has 0 heterocycles. The largest absolute Gasteiger partial charge is 0.497 e. The zero-order chi connectivity index (χ0) is 18.1. The molecule has 2 N–H and O–H groups in total. The summed E-state index contributed by atoms with van der Waals surface area (Å²) in [4.78, 5) is 23.7. The van der Waals surface area contributed by atoms with E-state index in [1.165, 1.54) is 0 Å². The molecule has 0 saturated carbocycles. The number of methoxy groups -OCH3 is 1. The van der Waals surface area contributed by atoms with E-state index in [1.54, 1.807) is 55.6 Å². The molecule has 0 fully saturated rings. The highest BCUT2D eigenvalue weighted by Gasteiger charge is 2.08. The first-order chi connectivity index (χ1) is 12.1. The van der Waals surface area contributed by atoms with Gasteiger partial charge in [-0.05, 0) is 55.5 Å². The van der Waals surface area contributed by atoms with Gasteiger partial charge in [0.1, 0.15) is 17.2 Å². The molecule has 7 nitrogen and oxygen atoms in total. The zero-order valence-corrected chi connectivity index (χ0v) is 14.1. The Morgan fingerprint density at radius 3 is 2.00 bits per heavy atom. The third kappa shape index (κ3) is 5.72. The van der Waals surface area contributed by atoms with Gasteiger partial charge in [-0.2, -0.15) is 0 Å². The quantitative estimate of drug-likeness (QED) is 0.750. The Kier molecular flexibility index (Phi) is 6.65. The lowest BCUT2D eigenvalue weighted by molar-refractivity contribution is -0.123. The van der Waals surface area contributed by atoms with E-state index < -0.39 is 11.8 Å². The van der Waals surface area contributed by atoms with E-state index in [2.05, 4.69) is 10.9 Å². The molecule has 2 amide bonds. The highest BCUT2D eigenvalue weighted by Crippen LogP contribution is 2.16. The highest BCUT2D eigenvalue weighted by atomic mass is 16.5. The first kappa shape index (κ1) is 18.1. The summed E-state index contributed by atoms with van der Waals surface area (Å²) in [6.07, 6.45) is 0. The number of amides is 2. The van der Waals surface area contributed by atoms with Gasteiger partial charge < -0.3 is 14.2 Å². The van der Waals surface area contributed by atoms with Gasteiger partial charge in [-0.25, -0.2) is 0 Å². The van der Waals surface area contributed by atoms with Gasteiger partial charge >= 0.3 is 0 Å². The van der Waals surface area contributed by atoms with Crippen LogP contribution in [-0.4, -0.2) is 32.1 Å². The standard InChI is InChI=1S/C18H20N2O5/c1-3-24-15-6-4-13(5-7-15)18(22)20-19-17(21)12-25-16-10-8-14(23-2)9-11-16/h4-11H,3,12H2,1-2H3,(H,19,21)(H,20,22). The van der Waals surface area contributed by atoms with Crippen LogP contribution in [0.15, 0.2) is 48.5 Å². The van der Waals surface area contributed by atoms with Crippen LogP contribution in [0.4, 0.5) is 0 Å². The summed E-state index contributed by atoms with van der Waals surface area (Å²) in [5.41, 5.74) is 5.02. The molecule has 0 unspecified atom stereocenters. The van der Waals surface area contributed by atoms with E-state index in [4.69, 9.17) is 14.2 Å². The molecule has 0 bridgehead atoms. The van der Waals surface area contributed by atoms with Crippen LogP contribution in [0.5, 0.6) is 17.2 Å². The first-order valence-corrected chi connectivity index (χ1v) is 7.71. The van der Waals surface area contributed by atoms with Crippen molar-refractivity contribution in [2.75, 3.05) is 20.3 Å². The third-order valence-corrected chi connectivity index (χ3v) is 3.17. The second-order valence-electron chi connectivity index (χ2n) is 4.92. The Morgan fingerprint density at radius 2 is 1.40 bits per heavy atom. The minimum atomic E-state index is -0.477. The molecule has 0 spiro atoms. The van der Waals surface area contributed by atoms with Crippen LogP contribution in [0.1, 0.15) is 17.3 Å². The van der Waals surface area contributed by atoms with Crippen molar-refractivity contribution < 1.29 is 23.8 Å². The van der Waals surface area contributed by atoms with Crippen LogP contribution < -0.4 is 25.1 Å². The van der Waals surface area contributed by atoms with Crippen LogP contribution in [0, 0.1) is 0 Å². The topological polar surface area (TPSA) is 85.9 Å². The van der Waals surface area contributed by atoms with Gasteiger partial charge in [0.05, 0.1) is 13.7 Å². The molecular formula is C18H20N2O5. The van der Waals surface area contributed by atoms with Gasteiger partial charge in [0.15, 0.2) is 6.61 Å². The molecule has 25 heavy (non-hydrogen) atoms. The summed E-state index contributed by atoms with van der Waals surface area (Å²) in [7, 11) is 1.57. The van der Waals surface area contributed by atoms with E-state index >= 15 is 0 Å². The van der Waals surface area contributed by atoms with Crippen molar-refractivity contribution in [1.29, 1.82) is 0 Å². The molecule has 2 aromatic carbocycles. The second-order valence-corrected chi connectivity index (χ2v) is 4.92. The number of hydrogen-bond donors (Lipinski definition) is 2. The minimum Gasteiger partial charge on any atom is -0.497 e. The van der Waals surface area contributed by atoms with Crippen LogP contribution in [0.2, 0.25) is 0 Å². The Bertz CT molecular complexity index is 698. The summed E-state index contributed by atoms with van der Waals surface area (Å²) in [5.74, 6) is 0.986. The van der Waals surface area contributed by atoms with Crippen molar-refractivity contribution in [3.05, 3.63) is 54.1 Å². The predicted molar refractivity (Wildman–Crippen MR) is 91.7 cm³/mol. The molecular weight excluding hydrogens is 324 g/mol. The van der Waals surface area contributed by atoms with Crippen molar-refractivity contribution in [3.63, 3.8) is 0 Å². The van der Waals surface area contributed by atoms with Gasteiger partial charge in [-0.15, -0.1) is 0 Å². The summed E-state index contributed by atoms with van der Waals surface area (Å²) in [5, 5.41) is 0. The van der Waals surface area contributed by atoms with Crippen LogP contribution in [0.3, 0.4) is 0 Å². The number of carbonyl (C=O) groups excluding carboxylic acids is 2. The number of hydrazine groups is 1. The molecule has 0 aliphatic heterocycles. The third-order valence-electron chi connectivity index (χ3n) is 3.17. The van der Waals surface area contributed by atoms with Gasteiger partial charge in [0.25, 0.3) is 11.8 Å². The Hall–Kier alpha value is -3.22. The highest BCUT2D eigenvalue weighted by molar-refractivity contribution is 5.95. The molecule has 0 aliphatic rings. The summed E-state index contributed by atoms with van der Waals surface area (Å²) in [6, 6.07) is 13.4. The van der Waals surface area contributed by atoms with Gasteiger partial charge in [0, 0.05) is 5.56 Å².